The Morgan fingerprint density at radius 1 is 1.12 bits per heavy atom. The van der Waals surface area contributed by atoms with Crippen molar-refractivity contribution in [1.82, 2.24) is 5.32 Å². The number of amides is 1. The van der Waals surface area contributed by atoms with Gasteiger partial charge in [0.1, 0.15) is 11.5 Å². The lowest BCUT2D eigenvalue weighted by molar-refractivity contribution is -0.119. The van der Waals surface area contributed by atoms with Gasteiger partial charge in [0.05, 0.1) is 25.5 Å². The quantitative estimate of drug-likeness (QED) is 0.658. The summed E-state index contributed by atoms with van der Waals surface area (Å²) in [5, 5.41) is 3.67. The minimum Gasteiger partial charge on any atom is -0.497 e. The number of carbonyl (C=O) groups excluding carboxylic acids is 1. The lowest BCUT2D eigenvalue weighted by atomic mass is 10.1. The van der Waals surface area contributed by atoms with Crippen LogP contribution in [0.2, 0.25) is 5.02 Å². The molecule has 134 valence electrons. The van der Waals surface area contributed by atoms with Crippen molar-refractivity contribution in [2.45, 2.75) is 13.0 Å². The molecule has 0 aromatic heterocycles. The Labute approximate surface area is 157 Å². The van der Waals surface area contributed by atoms with E-state index in [-0.39, 0.29) is 11.9 Å². The highest BCUT2D eigenvalue weighted by atomic mass is 35.5. The molecule has 0 saturated heterocycles. The molecule has 0 spiro atoms. The first-order valence-electron chi connectivity index (χ1n) is 7.98. The van der Waals surface area contributed by atoms with Crippen LogP contribution in [0.5, 0.6) is 11.5 Å². The zero-order valence-corrected chi connectivity index (χ0v) is 15.9. The number of ether oxygens (including phenoxy) is 2. The first-order valence-corrected chi connectivity index (χ1v) is 9.51. The fraction of sp³-hybridized carbons (Fsp3) is 0.316. The SMILES string of the molecule is COc1ccc(OCCSCC(=O)NC(C)c2ccc(Cl)cc2)cc1. The van der Waals surface area contributed by atoms with Crippen LogP contribution in [0.3, 0.4) is 0 Å². The average Bonchev–Trinajstić information content (AvgIpc) is 2.62. The van der Waals surface area contributed by atoms with E-state index in [1.807, 2.05) is 55.5 Å². The zero-order valence-electron chi connectivity index (χ0n) is 14.3. The number of nitrogens with one attached hydrogen (secondary N) is 1. The van der Waals surface area contributed by atoms with Crippen LogP contribution in [0.1, 0.15) is 18.5 Å². The summed E-state index contributed by atoms with van der Waals surface area (Å²) in [6.07, 6.45) is 0. The molecule has 2 rings (SSSR count). The molecule has 1 N–H and O–H groups in total. The normalized spacial score (nSPS) is 11.6. The lowest BCUT2D eigenvalue weighted by Crippen LogP contribution is -2.28. The first-order chi connectivity index (χ1) is 12.1. The highest BCUT2D eigenvalue weighted by molar-refractivity contribution is 7.99. The van der Waals surface area contributed by atoms with Gasteiger partial charge in [-0.2, -0.15) is 0 Å². The van der Waals surface area contributed by atoms with Crippen LogP contribution in [0, 0.1) is 0 Å². The van der Waals surface area contributed by atoms with Crippen LogP contribution in [-0.2, 0) is 4.79 Å². The average molecular weight is 380 g/mol. The summed E-state index contributed by atoms with van der Waals surface area (Å²) in [7, 11) is 1.63. The van der Waals surface area contributed by atoms with E-state index in [0.717, 1.165) is 22.8 Å². The van der Waals surface area contributed by atoms with Crippen molar-refractivity contribution < 1.29 is 14.3 Å². The van der Waals surface area contributed by atoms with E-state index in [4.69, 9.17) is 21.1 Å². The fourth-order valence-electron chi connectivity index (χ4n) is 2.17. The van der Waals surface area contributed by atoms with E-state index in [1.165, 1.54) is 0 Å². The Hall–Kier alpha value is -1.85. The molecule has 1 amide bonds. The minimum atomic E-state index is -0.0408. The van der Waals surface area contributed by atoms with Crippen molar-refractivity contribution in [3.8, 4) is 11.5 Å². The predicted molar refractivity (Wildman–Crippen MR) is 104 cm³/mol. The Bertz CT molecular complexity index is 661. The van der Waals surface area contributed by atoms with Gasteiger partial charge in [0.15, 0.2) is 0 Å². The molecule has 25 heavy (non-hydrogen) atoms. The van der Waals surface area contributed by atoms with Gasteiger partial charge in [0, 0.05) is 10.8 Å². The second-order valence-corrected chi connectivity index (χ2v) is 6.96. The van der Waals surface area contributed by atoms with E-state index in [0.29, 0.717) is 17.4 Å². The summed E-state index contributed by atoms with van der Waals surface area (Å²) in [4.78, 5) is 12.0. The molecule has 0 radical (unpaired) electrons. The summed E-state index contributed by atoms with van der Waals surface area (Å²) in [5.74, 6) is 2.76. The maximum absolute atomic E-state index is 12.0. The number of benzene rings is 2. The molecule has 0 aliphatic rings. The van der Waals surface area contributed by atoms with E-state index >= 15 is 0 Å². The molecule has 0 aliphatic heterocycles. The van der Waals surface area contributed by atoms with Crippen molar-refractivity contribution in [3.05, 3.63) is 59.1 Å². The Balaban J connectivity index is 1.62. The van der Waals surface area contributed by atoms with E-state index in [9.17, 15) is 4.79 Å². The van der Waals surface area contributed by atoms with Gasteiger partial charge in [-0.15, -0.1) is 11.8 Å². The fourth-order valence-corrected chi connectivity index (χ4v) is 2.91. The van der Waals surface area contributed by atoms with Crippen molar-refractivity contribution in [1.29, 1.82) is 0 Å². The number of carbonyl (C=O) groups is 1. The number of methoxy groups -OCH3 is 1. The summed E-state index contributed by atoms with van der Waals surface area (Å²) in [6.45, 7) is 2.51. The van der Waals surface area contributed by atoms with Crippen LogP contribution in [0.4, 0.5) is 0 Å². The summed E-state index contributed by atoms with van der Waals surface area (Å²) < 4.78 is 10.7. The predicted octanol–water partition coefficient (Wildman–Crippen LogP) is 4.34. The molecule has 0 heterocycles. The molecular weight excluding hydrogens is 358 g/mol. The summed E-state index contributed by atoms with van der Waals surface area (Å²) >= 11 is 7.42. The highest BCUT2D eigenvalue weighted by Gasteiger charge is 2.09. The van der Waals surface area contributed by atoms with Gasteiger partial charge in [0.2, 0.25) is 5.91 Å². The zero-order chi connectivity index (χ0) is 18.1. The molecule has 0 bridgehead atoms. The molecular formula is C19H22ClNO3S. The third-order valence-corrected chi connectivity index (χ3v) is 4.71. The molecule has 1 atom stereocenters. The number of thioether (sulfide) groups is 1. The van der Waals surface area contributed by atoms with E-state index < -0.39 is 0 Å². The smallest absolute Gasteiger partial charge is 0.230 e. The van der Waals surface area contributed by atoms with Crippen LogP contribution < -0.4 is 14.8 Å². The van der Waals surface area contributed by atoms with Gasteiger partial charge < -0.3 is 14.8 Å². The van der Waals surface area contributed by atoms with Crippen LogP contribution in [0.25, 0.3) is 0 Å². The number of hydrogen-bond donors (Lipinski definition) is 1. The molecule has 1 unspecified atom stereocenters. The largest absolute Gasteiger partial charge is 0.497 e. The van der Waals surface area contributed by atoms with Crippen molar-refractivity contribution in [2.75, 3.05) is 25.2 Å². The Morgan fingerprint density at radius 3 is 2.40 bits per heavy atom. The standard InChI is InChI=1S/C19H22ClNO3S/c1-14(15-3-5-16(20)6-4-15)21-19(22)13-25-12-11-24-18-9-7-17(23-2)8-10-18/h3-10,14H,11-13H2,1-2H3,(H,21,22). The lowest BCUT2D eigenvalue weighted by Gasteiger charge is -2.14. The van der Waals surface area contributed by atoms with Crippen molar-refractivity contribution in [2.24, 2.45) is 0 Å². The van der Waals surface area contributed by atoms with E-state index in [2.05, 4.69) is 5.32 Å². The minimum absolute atomic E-state index is 0.0110. The third-order valence-electron chi connectivity index (χ3n) is 3.54. The molecule has 0 saturated carbocycles. The monoisotopic (exact) mass is 379 g/mol. The number of rotatable bonds is 9. The Morgan fingerprint density at radius 2 is 1.76 bits per heavy atom. The molecule has 4 nitrogen and oxygen atoms in total. The molecule has 0 fully saturated rings. The van der Waals surface area contributed by atoms with Gasteiger partial charge in [0.25, 0.3) is 0 Å². The maximum atomic E-state index is 12.0. The van der Waals surface area contributed by atoms with Gasteiger partial charge in [-0.3, -0.25) is 4.79 Å². The third kappa shape index (κ3) is 6.88. The van der Waals surface area contributed by atoms with Gasteiger partial charge in [-0.1, -0.05) is 23.7 Å². The number of halogens is 1. The van der Waals surface area contributed by atoms with Crippen LogP contribution in [-0.4, -0.2) is 31.1 Å². The second kappa shape index (κ2) is 10.2. The highest BCUT2D eigenvalue weighted by Crippen LogP contribution is 2.18. The van der Waals surface area contributed by atoms with Crippen molar-refractivity contribution in [3.63, 3.8) is 0 Å². The van der Waals surface area contributed by atoms with Gasteiger partial charge >= 0.3 is 0 Å². The Kier molecular flexibility index (Phi) is 7.95. The topological polar surface area (TPSA) is 47.6 Å². The molecule has 2 aromatic carbocycles. The molecule has 6 heteroatoms. The summed E-state index contributed by atoms with van der Waals surface area (Å²) in [6, 6.07) is 14.9. The molecule has 2 aromatic rings. The van der Waals surface area contributed by atoms with Crippen molar-refractivity contribution >= 4 is 29.3 Å². The second-order valence-electron chi connectivity index (χ2n) is 5.42. The molecule has 0 aliphatic carbocycles. The van der Waals surface area contributed by atoms with Gasteiger partial charge in [-0.05, 0) is 48.9 Å². The number of hydrogen-bond acceptors (Lipinski definition) is 4. The summed E-state index contributed by atoms with van der Waals surface area (Å²) in [5.41, 5.74) is 1.03. The van der Waals surface area contributed by atoms with Crippen LogP contribution in [0.15, 0.2) is 48.5 Å². The maximum Gasteiger partial charge on any atom is 0.230 e. The van der Waals surface area contributed by atoms with Gasteiger partial charge in [-0.25, -0.2) is 0 Å². The first kappa shape index (κ1) is 19.5. The van der Waals surface area contributed by atoms with E-state index in [1.54, 1.807) is 18.9 Å². The van der Waals surface area contributed by atoms with Crippen LogP contribution >= 0.6 is 23.4 Å².